The first-order valence-electron chi connectivity index (χ1n) is 8.26. The minimum Gasteiger partial charge on any atom is -0.396 e. The van der Waals surface area contributed by atoms with Crippen LogP contribution in [-0.2, 0) is 6.54 Å². The predicted octanol–water partition coefficient (Wildman–Crippen LogP) is 4.18. The van der Waals surface area contributed by atoms with Crippen LogP contribution in [0.1, 0.15) is 12.0 Å². The van der Waals surface area contributed by atoms with Gasteiger partial charge in [0.2, 0.25) is 0 Å². The molecule has 24 heavy (non-hydrogen) atoms. The fourth-order valence-electron chi connectivity index (χ4n) is 3.32. The van der Waals surface area contributed by atoms with Crippen LogP contribution >= 0.6 is 27.5 Å². The zero-order valence-corrected chi connectivity index (χ0v) is 15.9. The third-order valence-electron chi connectivity index (χ3n) is 4.50. The average Bonchev–Trinajstić information content (AvgIpc) is 2.59. The number of piperazine rings is 1. The SMILES string of the molecule is OCC[C@H]1CN(Cc2ccccc2)CCN1c1cc(Cl)ccc1Br. The molecule has 0 unspecified atom stereocenters. The van der Waals surface area contributed by atoms with Crippen LogP contribution in [0.4, 0.5) is 5.69 Å². The predicted molar refractivity (Wildman–Crippen MR) is 104 cm³/mol. The Bertz CT molecular complexity index is 668. The molecule has 1 aliphatic rings. The van der Waals surface area contributed by atoms with Crippen molar-refractivity contribution in [3.63, 3.8) is 0 Å². The average molecular weight is 410 g/mol. The van der Waals surface area contributed by atoms with Crippen molar-refractivity contribution in [2.75, 3.05) is 31.1 Å². The van der Waals surface area contributed by atoms with Gasteiger partial charge in [-0.2, -0.15) is 0 Å². The monoisotopic (exact) mass is 408 g/mol. The molecular weight excluding hydrogens is 388 g/mol. The molecule has 5 heteroatoms. The maximum absolute atomic E-state index is 9.50. The smallest absolute Gasteiger partial charge is 0.0529 e. The van der Waals surface area contributed by atoms with Gasteiger partial charge in [-0.3, -0.25) is 4.90 Å². The zero-order valence-electron chi connectivity index (χ0n) is 13.5. The molecule has 1 aliphatic heterocycles. The van der Waals surface area contributed by atoms with Crippen molar-refractivity contribution in [1.29, 1.82) is 0 Å². The van der Waals surface area contributed by atoms with Crippen molar-refractivity contribution >= 4 is 33.2 Å². The quantitative estimate of drug-likeness (QED) is 0.802. The molecule has 1 N–H and O–H groups in total. The number of rotatable bonds is 5. The molecule has 2 aromatic carbocycles. The van der Waals surface area contributed by atoms with Crippen LogP contribution in [0.5, 0.6) is 0 Å². The van der Waals surface area contributed by atoms with Gasteiger partial charge in [0.15, 0.2) is 0 Å². The minimum absolute atomic E-state index is 0.193. The summed E-state index contributed by atoms with van der Waals surface area (Å²) in [7, 11) is 0. The summed E-state index contributed by atoms with van der Waals surface area (Å²) in [4.78, 5) is 4.83. The summed E-state index contributed by atoms with van der Waals surface area (Å²) < 4.78 is 1.05. The second-order valence-corrected chi connectivity index (χ2v) is 7.47. The van der Waals surface area contributed by atoms with Crippen LogP contribution < -0.4 is 4.90 Å². The highest BCUT2D eigenvalue weighted by atomic mass is 79.9. The third kappa shape index (κ3) is 4.31. The molecule has 0 spiro atoms. The lowest BCUT2D eigenvalue weighted by atomic mass is 10.1. The molecule has 1 heterocycles. The van der Waals surface area contributed by atoms with Gasteiger partial charge in [0, 0.05) is 48.3 Å². The summed E-state index contributed by atoms with van der Waals surface area (Å²) in [6.07, 6.45) is 0.754. The Morgan fingerprint density at radius 2 is 1.92 bits per heavy atom. The van der Waals surface area contributed by atoms with Gasteiger partial charge in [-0.15, -0.1) is 0 Å². The molecule has 0 aromatic heterocycles. The summed E-state index contributed by atoms with van der Waals surface area (Å²) >= 11 is 9.83. The number of nitrogens with zero attached hydrogens (tertiary/aromatic N) is 2. The van der Waals surface area contributed by atoms with E-state index < -0.39 is 0 Å². The number of benzene rings is 2. The molecule has 0 radical (unpaired) electrons. The van der Waals surface area contributed by atoms with Crippen LogP contribution in [0.25, 0.3) is 0 Å². The maximum Gasteiger partial charge on any atom is 0.0529 e. The van der Waals surface area contributed by atoms with E-state index in [1.54, 1.807) is 0 Å². The number of halogens is 2. The largest absolute Gasteiger partial charge is 0.396 e. The number of hydrogen-bond acceptors (Lipinski definition) is 3. The van der Waals surface area contributed by atoms with E-state index in [4.69, 9.17) is 11.6 Å². The van der Waals surface area contributed by atoms with Crippen molar-refractivity contribution in [2.24, 2.45) is 0 Å². The molecule has 0 saturated carbocycles. The molecule has 0 aliphatic carbocycles. The van der Waals surface area contributed by atoms with E-state index in [9.17, 15) is 5.11 Å². The first kappa shape index (κ1) is 17.7. The van der Waals surface area contributed by atoms with Crippen LogP contribution in [0.2, 0.25) is 5.02 Å². The Kier molecular flexibility index (Phi) is 6.17. The van der Waals surface area contributed by atoms with Crippen molar-refractivity contribution < 1.29 is 5.11 Å². The van der Waals surface area contributed by atoms with E-state index in [0.717, 1.165) is 47.8 Å². The fraction of sp³-hybridized carbons (Fsp3) is 0.368. The summed E-state index contributed by atoms with van der Waals surface area (Å²) in [5.41, 5.74) is 2.44. The van der Waals surface area contributed by atoms with Gasteiger partial charge in [0.25, 0.3) is 0 Å². The van der Waals surface area contributed by atoms with Crippen molar-refractivity contribution in [2.45, 2.75) is 19.0 Å². The molecule has 128 valence electrons. The standard InChI is InChI=1S/C19H22BrClN2O/c20-18-7-6-16(21)12-19(18)23-10-9-22(14-17(23)8-11-24)13-15-4-2-1-3-5-15/h1-7,12,17,24H,8-11,13-14H2/t17-/m0/s1. The molecule has 1 saturated heterocycles. The highest BCUT2D eigenvalue weighted by molar-refractivity contribution is 9.10. The molecule has 3 nitrogen and oxygen atoms in total. The number of aliphatic hydroxyl groups excluding tert-OH is 1. The van der Waals surface area contributed by atoms with Gasteiger partial charge < -0.3 is 10.0 Å². The van der Waals surface area contributed by atoms with Crippen molar-refractivity contribution in [3.8, 4) is 0 Å². The summed E-state index contributed by atoms with van der Waals surface area (Å²) in [5.74, 6) is 0. The van der Waals surface area contributed by atoms with Gasteiger partial charge in [0.05, 0.1) is 5.69 Å². The number of aliphatic hydroxyl groups is 1. The molecule has 3 rings (SSSR count). The normalized spacial score (nSPS) is 18.8. The van der Waals surface area contributed by atoms with Crippen LogP contribution in [0.3, 0.4) is 0 Å². The van der Waals surface area contributed by atoms with Gasteiger partial charge in [0.1, 0.15) is 0 Å². The third-order valence-corrected chi connectivity index (χ3v) is 5.40. The lowest BCUT2D eigenvalue weighted by molar-refractivity contribution is 0.188. The molecule has 1 atom stereocenters. The second kappa shape index (κ2) is 8.34. The highest BCUT2D eigenvalue weighted by Crippen LogP contribution is 2.32. The highest BCUT2D eigenvalue weighted by Gasteiger charge is 2.28. The van der Waals surface area contributed by atoms with E-state index in [1.165, 1.54) is 5.56 Å². The van der Waals surface area contributed by atoms with Crippen molar-refractivity contribution in [3.05, 3.63) is 63.6 Å². The minimum atomic E-state index is 0.193. The fourth-order valence-corrected chi connectivity index (χ4v) is 3.96. The number of hydrogen-bond donors (Lipinski definition) is 1. The lowest BCUT2D eigenvalue weighted by Gasteiger charge is -2.43. The second-order valence-electron chi connectivity index (χ2n) is 6.18. The Morgan fingerprint density at radius 3 is 2.67 bits per heavy atom. The molecule has 0 amide bonds. The van der Waals surface area contributed by atoms with Gasteiger partial charge >= 0.3 is 0 Å². The van der Waals surface area contributed by atoms with Crippen LogP contribution in [0, 0.1) is 0 Å². The topological polar surface area (TPSA) is 26.7 Å². The molecule has 0 bridgehead atoms. The number of anilines is 1. The van der Waals surface area contributed by atoms with Crippen LogP contribution in [-0.4, -0.2) is 42.3 Å². The Hall–Kier alpha value is -1.07. The maximum atomic E-state index is 9.50. The Morgan fingerprint density at radius 1 is 1.12 bits per heavy atom. The first-order chi connectivity index (χ1) is 11.7. The first-order valence-corrected chi connectivity index (χ1v) is 9.43. The van der Waals surface area contributed by atoms with E-state index in [0.29, 0.717) is 0 Å². The van der Waals surface area contributed by atoms with Gasteiger partial charge in [-0.1, -0.05) is 41.9 Å². The summed E-state index contributed by atoms with van der Waals surface area (Å²) in [6.45, 7) is 4.01. The molecule has 2 aromatic rings. The lowest BCUT2D eigenvalue weighted by Crippen LogP contribution is -2.53. The van der Waals surface area contributed by atoms with E-state index >= 15 is 0 Å². The Balaban J connectivity index is 1.75. The van der Waals surface area contributed by atoms with Crippen LogP contribution in [0.15, 0.2) is 53.0 Å². The van der Waals surface area contributed by atoms with Gasteiger partial charge in [-0.25, -0.2) is 0 Å². The molecular formula is C19H22BrClN2O. The van der Waals surface area contributed by atoms with E-state index in [-0.39, 0.29) is 12.6 Å². The van der Waals surface area contributed by atoms with Crippen molar-refractivity contribution in [1.82, 2.24) is 4.90 Å². The molecule has 1 fully saturated rings. The van der Waals surface area contributed by atoms with E-state index in [1.807, 2.05) is 24.3 Å². The Labute approximate surface area is 157 Å². The zero-order chi connectivity index (χ0) is 16.9. The van der Waals surface area contributed by atoms with Gasteiger partial charge in [-0.05, 0) is 46.1 Å². The van der Waals surface area contributed by atoms with E-state index in [2.05, 4.69) is 50.0 Å². The summed E-state index contributed by atoms with van der Waals surface area (Å²) in [6, 6.07) is 16.7. The summed E-state index contributed by atoms with van der Waals surface area (Å²) in [5, 5.41) is 10.2.